The first kappa shape index (κ1) is 9.20. The summed E-state index contributed by atoms with van der Waals surface area (Å²) >= 11 is 7.80. The zero-order chi connectivity index (χ0) is 9.60. The molecule has 3 heteroatoms. The predicted molar refractivity (Wildman–Crippen MR) is 61.3 cm³/mol. The van der Waals surface area contributed by atoms with Crippen molar-refractivity contribution < 1.29 is 0 Å². The molecule has 0 unspecified atom stereocenters. The van der Waals surface area contributed by atoms with Crippen molar-refractivity contribution in [2.45, 2.75) is 25.7 Å². The minimum Gasteiger partial charge on any atom is -0.317 e. The lowest BCUT2D eigenvalue weighted by Crippen LogP contribution is -2.37. The Morgan fingerprint density at radius 1 is 1.29 bits per heavy atom. The van der Waals surface area contributed by atoms with E-state index >= 15 is 0 Å². The Bertz CT molecular complexity index is 327. The van der Waals surface area contributed by atoms with Gasteiger partial charge < -0.3 is 5.32 Å². The fourth-order valence-electron chi connectivity index (χ4n) is 2.85. The summed E-state index contributed by atoms with van der Waals surface area (Å²) in [7, 11) is 0. The maximum atomic E-state index is 6.01. The van der Waals surface area contributed by atoms with Crippen molar-refractivity contribution >= 4 is 22.9 Å². The van der Waals surface area contributed by atoms with Crippen LogP contribution in [0.25, 0.3) is 0 Å². The van der Waals surface area contributed by atoms with Gasteiger partial charge in [-0.2, -0.15) is 0 Å². The van der Waals surface area contributed by atoms with Crippen LogP contribution in [-0.2, 0) is 12.8 Å². The average Bonchev–Trinajstić information content (AvgIpc) is 2.60. The summed E-state index contributed by atoms with van der Waals surface area (Å²) in [6.45, 7) is 2.39. The Morgan fingerprint density at radius 2 is 2.07 bits per heavy atom. The van der Waals surface area contributed by atoms with Crippen LogP contribution in [0, 0.1) is 5.41 Å². The van der Waals surface area contributed by atoms with E-state index in [1.807, 2.05) is 0 Å². The smallest absolute Gasteiger partial charge is 0.0934 e. The zero-order valence-electron chi connectivity index (χ0n) is 8.11. The number of thiophene rings is 1. The highest BCUT2D eigenvalue weighted by Crippen LogP contribution is 2.47. The number of halogens is 1. The summed E-state index contributed by atoms with van der Waals surface area (Å²) in [5.74, 6) is 0. The number of hydrogen-bond donors (Lipinski definition) is 1. The van der Waals surface area contributed by atoms with Crippen molar-refractivity contribution in [3.05, 3.63) is 20.8 Å². The van der Waals surface area contributed by atoms with Crippen molar-refractivity contribution in [1.29, 1.82) is 0 Å². The Balaban J connectivity index is 1.86. The van der Waals surface area contributed by atoms with E-state index < -0.39 is 0 Å². The Morgan fingerprint density at radius 3 is 2.79 bits per heavy atom. The largest absolute Gasteiger partial charge is 0.317 e. The molecular formula is C11H14ClNS. The lowest BCUT2D eigenvalue weighted by molar-refractivity contribution is 0.216. The molecule has 0 saturated carbocycles. The third kappa shape index (κ3) is 1.40. The zero-order valence-corrected chi connectivity index (χ0v) is 9.68. The molecule has 1 aromatic heterocycles. The molecule has 1 aromatic rings. The van der Waals surface area contributed by atoms with Crippen molar-refractivity contribution in [1.82, 2.24) is 5.32 Å². The molecule has 1 N–H and O–H groups in total. The summed E-state index contributed by atoms with van der Waals surface area (Å²) in [5.41, 5.74) is 2.12. The minimum absolute atomic E-state index is 0.594. The molecule has 0 bridgehead atoms. The predicted octanol–water partition coefficient (Wildman–Crippen LogP) is 2.87. The van der Waals surface area contributed by atoms with Gasteiger partial charge in [-0.3, -0.25) is 0 Å². The SMILES string of the molecule is Clc1cc2c(s1)CC1(CCNCC1)C2. The second-order valence-corrected chi connectivity index (χ2v) is 6.37. The van der Waals surface area contributed by atoms with Crippen LogP contribution in [-0.4, -0.2) is 13.1 Å². The quantitative estimate of drug-likeness (QED) is 0.719. The van der Waals surface area contributed by atoms with Gasteiger partial charge in [0, 0.05) is 4.88 Å². The summed E-state index contributed by atoms with van der Waals surface area (Å²) in [4.78, 5) is 1.55. The van der Waals surface area contributed by atoms with Gasteiger partial charge in [0.05, 0.1) is 4.34 Å². The van der Waals surface area contributed by atoms with Gasteiger partial charge in [0.2, 0.25) is 0 Å². The van der Waals surface area contributed by atoms with Crippen LogP contribution in [0.4, 0.5) is 0 Å². The number of rotatable bonds is 0. The molecule has 0 radical (unpaired) electrons. The summed E-state index contributed by atoms with van der Waals surface area (Å²) in [6, 6.07) is 2.18. The highest BCUT2D eigenvalue weighted by molar-refractivity contribution is 7.16. The maximum Gasteiger partial charge on any atom is 0.0934 e. The molecular weight excluding hydrogens is 214 g/mol. The molecule has 1 nitrogen and oxygen atoms in total. The van der Waals surface area contributed by atoms with E-state index in [4.69, 9.17) is 11.6 Å². The fraction of sp³-hybridized carbons (Fsp3) is 0.636. The molecule has 0 amide bonds. The van der Waals surface area contributed by atoms with E-state index in [1.54, 1.807) is 16.2 Å². The first-order chi connectivity index (χ1) is 6.77. The van der Waals surface area contributed by atoms with E-state index in [-0.39, 0.29) is 0 Å². The molecule has 1 fully saturated rings. The van der Waals surface area contributed by atoms with E-state index in [1.165, 1.54) is 44.3 Å². The third-order valence-corrected chi connectivity index (χ3v) is 4.94. The molecule has 1 spiro atoms. The van der Waals surface area contributed by atoms with Crippen molar-refractivity contribution in [2.75, 3.05) is 13.1 Å². The third-order valence-electron chi connectivity index (χ3n) is 3.63. The number of fused-ring (bicyclic) bond motifs is 1. The lowest BCUT2D eigenvalue weighted by Gasteiger charge is -2.33. The molecule has 1 aliphatic carbocycles. The Labute approximate surface area is 93.5 Å². The van der Waals surface area contributed by atoms with Crippen LogP contribution in [0.3, 0.4) is 0 Å². The van der Waals surface area contributed by atoms with Crippen molar-refractivity contribution in [3.8, 4) is 0 Å². The number of hydrogen-bond acceptors (Lipinski definition) is 2. The average molecular weight is 228 g/mol. The van der Waals surface area contributed by atoms with Gasteiger partial charge in [0.15, 0.2) is 0 Å². The Kier molecular flexibility index (Phi) is 2.12. The minimum atomic E-state index is 0.594. The normalized spacial score (nSPS) is 24.1. The van der Waals surface area contributed by atoms with Gasteiger partial charge in [-0.05, 0) is 55.8 Å². The number of nitrogens with one attached hydrogen (secondary N) is 1. The van der Waals surface area contributed by atoms with E-state index in [2.05, 4.69) is 11.4 Å². The molecule has 1 aliphatic heterocycles. The van der Waals surface area contributed by atoms with Crippen LogP contribution in [0.15, 0.2) is 6.07 Å². The van der Waals surface area contributed by atoms with Gasteiger partial charge >= 0.3 is 0 Å². The highest BCUT2D eigenvalue weighted by Gasteiger charge is 2.39. The maximum absolute atomic E-state index is 6.01. The molecule has 2 aliphatic rings. The van der Waals surface area contributed by atoms with Crippen LogP contribution < -0.4 is 5.32 Å². The number of piperidine rings is 1. The van der Waals surface area contributed by atoms with Crippen LogP contribution in [0.2, 0.25) is 4.34 Å². The second-order valence-electron chi connectivity index (χ2n) is 4.60. The van der Waals surface area contributed by atoms with Crippen LogP contribution >= 0.6 is 22.9 Å². The molecule has 2 heterocycles. The second kappa shape index (κ2) is 3.22. The standard InChI is InChI=1S/C11H14ClNS/c12-10-5-8-6-11(7-9(8)14-10)1-3-13-4-2-11/h5,13H,1-4,6-7H2. The molecule has 1 saturated heterocycles. The first-order valence-electron chi connectivity index (χ1n) is 5.25. The van der Waals surface area contributed by atoms with E-state index in [9.17, 15) is 0 Å². The fourth-order valence-corrected chi connectivity index (χ4v) is 4.34. The molecule has 3 rings (SSSR count). The summed E-state index contributed by atoms with van der Waals surface area (Å²) < 4.78 is 0.971. The lowest BCUT2D eigenvalue weighted by atomic mass is 9.77. The molecule has 76 valence electrons. The Hall–Kier alpha value is -0.0500. The van der Waals surface area contributed by atoms with Gasteiger partial charge in [-0.1, -0.05) is 11.6 Å². The molecule has 0 aromatic carbocycles. The molecule has 0 atom stereocenters. The molecule has 14 heavy (non-hydrogen) atoms. The monoisotopic (exact) mass is 227 g/mol. The van der Waals surface area contributed by atoms with Crippen molar-refractivity contribution in [2.24, 2.45) is 5.41 Å². The van der Waals surface area contributed by atoms with Gasteiger partial charge in [-0.15, -0.1) is 11.3 Å². The van der Waals surface area contributed by atoms with Gasteiger partial charge in [0.1, 0.15) is 0 Å². The van der Waals surface area contributed by atoms with E-state index in [0.29, 0.717) is 5.41 Å². The van der Waals surface area contributed by atoms with Crippen LogP contribution in [0.5, 0.6) is 0 Å². The van der Waals surface area contributed by atoms with Gasteiger partial charge in [-0.25, -0.2) is 0 Å². The van der Waals surface area contributed by atoms with Crippen LogP contribution in [0.1, 0.15) is 23.3 Å². The summed E-state index contributed by atoms with van der Waals surface area (Å²) in [5, 5.41) is 3.44. The van der Waals surface area contributed by atoms with Crippen molar-refractivity contribution in [3.63, 3.8) is 0 Å². The van der Waals surface area contributed by atoms with E-state index in [0.717, 1.165) is 4.34 Å². The first-order valence-corrected chi connectivity index (χ1v) is 6.45. The summed E-state index contributed by atoms with van der Waals surface area (Å²) in [6.07, 6.45) is 5.23. The van der Waals surface area contributed by atoms with Gasteiger partial charge in [0.25, 0.3) is 0 Å². The topological polar surface area (TPSA) is 12.0 Å². The highest BCUT2D eigenvalue weighted by atomic mass is 35.5.